The molecule has 2 amide bonds. The second-order valence-corrected chi connectivity index (χ2v) is 11.6. The predicted octanol–water partition coefficient (Wildman–Crippen LogP) is 3.13. The molecule has 0 fully saturated rings. The number of carbonyl (C=O) groups excluding carboxylic acids is 2. The van der Waals surface area contributed by atoms with E-state index < -0.39 is 28.5 Å². The zero-order valence-electron chi connectivity index (χ0n) is 20.2. The molecule has 0 aromatic heterocycles. The standard InChI is InChI=1S/C24H30BrN3O6S/c1-16(2)12-26-24(30)17(3)27(13-18-5-7-19(25)8-6-18)23(29)14-28(35(4,31)32)20-9-10-21-22(11-20)34-15-33-21/h5-11,16-17H,12-15H2,1-4H3,(H,26,30). The van der Waals surface area contributed by atoms with E-state index in [0.29, 0.717) is 18.0 Å². The normalized spacial score (nSPS) is 13.4. The Kier molecular flexibility index (Phi) is 8.65. The summed E-state index contributed by atoms with van der Waals surface area (Å²) in [6, 6.07) is 11.2. The number of rotatable bonds is 10. The second-order valence-electron chi connectivity index (χ2n) is 8.77. The highest BCUT2D eigenvalue weighted by Gasteiger charge is 2.30. The number of nitrogens with one attached hydrogen (secondary N) is 1. The molecule has 3 rings (SSSR count). The number of fused-ring (bicyclic) bond motifs is 1. The Hall–Kier alpha value is -2.79. The zero-order valence-corrected chi connectivity index (χ0v) is 22.6. The Morgan fingerprint density at radius 1 is 1.06 bits per heavy atom. The minimum absolute atomic E-state index is 0.0422. The van der Waals surface area contributed by atoms with Crippen molar-refractivity contribution in [1.82, 2.24) is 10.2 Å². The van der Waals surface area contributed by atoms with Crippen molar-refractivity contribution in [2.45, 2.75) is 33.4 Å². The molecule has 1 aliphatic rings. The summed E-state index contributed by atoms with van der Waals surface area (Å²) in [7, 11) is -3.83. The van der Waals surface area contributed by atoms with Crippen LogP contribution in [0, 0.1) is 5.92 Å². The molecule has 1 atom stereocenters. The number of ether oxygens (including phenoxy) is 2. The molecule has 0 saturated heterocycles. The van der Waals surface area contributed by atoms with Gasteiger partial charge in [0.1, 0.15) is 12.6 Å². The molecule has 35 heavy (non-hydrogen) atoms. The van der Waals surface area contributed by atoms with Gasteiger partial charge < -0.3 is 19.7 Å². The Labute approximate surface area is 214 Å². The molecule has 2 aromatic carbocycles. The van der Waals surface area contributed by atoms with Crippen molar-refractivity contribution in [3.05, 3.63) is 52.5 Å². The van der Waals surface area contributed by atoms with Crippen molar-refractivity contribution < 1.29 is 27.5 Å². The quantitative estimate of drug-likeness (QED) is 0.473. The van der Waals surface area contributed by atoms with E-state index in [1.165, 1.54) is 11.0 Å². The summed E-state index contributed by atoms with van der Waals surface area (Å²) in [5, 5.41) is 2.85. The van der Waals surface area contributed by atoms with Gasteiger partial charge in [-0.25, -0.2) is 8.42 Å². The molecule has 2 aromatic rings. The van der Waals surface area contributed by atoms with Crippen LogP contribution in [-0.2, 0) is 26.2 Å². The number of amides is 2. The molecule has 190 valence electrons. The number of hydrogen-bond donors (Lipinski definition) is 1. The van der Waals surface area contributed by atoms with Crippen LogP contribution in [0.1, 0.15) is 26.3 Å². The monoisotopic (exact) mass is 567 g/mol. The molecular weight excluding hydrogens is 538 g/mol. The number of nitrogens with zero attached hydrogens (tertiary/aromatic N) is 2. The molecule has 1 N–H and O–H groups in total. The maximum Gasteiger partial charge on any atom is 0.244 e. The van der Waals surface area contributed by atoms with E-state index in [2.05, 4.69) is 21.2 Å². The summed E-state index contributed by atoms with van der Waals surface area (Å²) in [6.07, 6.45) is 1.03. The summed E-state index contributed by atoms with van der Waals surface area (Å²) in [5.41, 5.74) is 1.07. The van der Waals surface area contributed by atoms with E-state index in [1.807, 2.05) is 38.1 Å². The van der Waals surface area contributed by atoms with Crippen LogP contribution < -0.4 is 19.1 Å². The van der Waals surface area contributed by atoms with E-state index in [-0.39, 0.29) is 30.9 Å². The number of halogens is 1. The van der Waals surface area contributed by atoms with E-state index >= 15 is 0 Å². The highest BCUT2D eigenvalue weighted by molar-refractivity contribution is 9.10. The first-order valence-electron chi connectivity index (χ1n) is 11.1. The van der Waals surface area contributed by atoms with Crippen molar-refractivity contribution >= 4 is 43.5 Å². The van der Waals surface area contributed by atoms with Gasteiger partial charge in [-0.3, -0.25) is 13.9 Å². The lowest BCUT2D eigenvalue weighted by molar-refractivity contribution is -0.139. The fourth-order valence-electron chi connectivity index (χ4n) is 3.48. The lowest BCUT2D eigenvalue weighted by atomic mass is 10.1. The van der Waals surface area contributed by atoms with Gasteiger partial charge in [-0.1, -0.05) is 41.9 Å². The molecule has 0 radical (unpaired) electrons. The summed E-state index contributed by atoms with van der Waals surface area (Å²) >= 11 is 3.39. The van der Waals surface area contributed by atoms with Crippen molar-refractivity contribution in [3.8, 4) is 11.5 Å². The van der Waals surface area contributed by atoms with Crippen LogP contribution in [0.15, 0.2) is 46.9 Å². The van der Waals surface area contributed by atoms with Crippen molar-refractivity contribution in [1.29, 1.82) is 0 Å². The maximum atomic E-state index is 13.5. The van der Waals surface area contributed by atoms with E-state index in [9.17, 15) is 18.0 Å². The third kappa shape index (κ3) is 7.11. The summed E-state index contributed by atoms with van der Waals surface area (Å²) in [4.78, 5) is 27.8. The molecule has 11 heteroatoms. The van der Waals surface area contributed by atoms with E-state index in [4.69, 9.17) is 9.47 Å². The van der Waals surface area contributed by atoms with Crippen LogP contribution in [0.4, 0.5) is 5.69 Å². The fourth-order valence-corrected chi connectivity index (χ4v) is 4.58. The van der Waals surface area contributed by atoms with Crippen LogP contribution in [0.3, 0.4) is 0 Å². The third-order valence-electron chi connectivity index (χ3n) is 5.44. The molecule has 0 bridgehead atoms. The molecule has 1 heterocycles. The minimum atomic E-state index is -3.83. The Morgan fingerprint density at radius 3 is 2.34 bits per heavy atom. The molecular formula is C24H30BrN3O6S. The third-order valence-corrected chi connectivity index (χ3v) is 7.11. The lowest BCUT2D eigenvalue weighted by Crippen LogP contribution is -2.51. The van der Waals surface area contributed by atoms with E-state index in [1.54, 1.807) is 19.1 Å². The van der Waals surface area contributed by atoms with Gasteiger partial charge in [-0.2, -0.15) is 0 Å². The SMILES string of the molecule is CC(C)CNC(=O)C(C)N(Cc1ccc(Br)cc1)C(=O)CN(c1ccc2c(c1)OCO2)S(C)(=O)=O. The van der Waals surface area contributed by atoms with Crippen LogP contribution >= 0.6 is 15.9 Å². The molecule has 1 aliphatic heterocycles. The van der Waals surface area contributed by atoms with Gasteiger partial charge in [0.05, 0.1) is 11.9 Å². The Balaban J connectivity index is 1.88. The highest BCUT2D eigenvalue weighted by atomic mass is 79.9. The van der Waals surface area contributed by atoms with Crippen molar-refractivity contribution in [2.24, 2.45) is 5.92 Å². The van der Waals surface area contributed by atoms with Gasteiger partial charge in [0.25, 0.3) is 0 Å². The first-order chi connectivity index (χ1) is 16.5. The number of benzene rings is 2. The number of hydrogen-bond acceptors (Lipinski definition) is 6. The maximum absolute atomic E-state index is 13.5. The van der Waals surface area contributed by atoms with E-state index in [0.717, 1.165) is 20.6 Å². The van der Waals surface area contributed by atoms with Gasteiger partial charge in [0.15, 0.2) is 11.5 Å². The lowest BCUT2D eigenvalue weighted by Gasteiger charge is -2.31. The molecule has 0 aliphatic carbocycles. The van der Waals surface area contributed by atoms with Gasteiger partial charge in [0, 0.05) is 23.6 Å². The van der Waals surface area contributed by atoms with Gasteiger partial charge in [-0.05, 0) is 42.7 Å². The molecule has 1 unspecified atom stereocenters. The van der Waals surface area contributed by atoms with Crippen molar-refractivity contribution in [3.63, 3.8) is 0 Å². The number of sulfonamides is 1. The average Bonchev–Trinajstić information content (AvgIpc) is 3.27. The van der Waals surface area contributed by atoms with Crippen molar-refractivity contribution in [2.75, 3.05) is 30.4 Å². The van der Waals surface area contributed by atoms with Crippen LogP contribution in [-0.4, -0.2) is 57.3 Å². The summed E-state index contributed by atoms with van der Waals surface area (Å²) < 4.78 is 37.9. The highest BCUT2D eigenvalue weighted by Crippen LogP contribution is 2.36. The van der Waals surface area contributed by atoms with Crippen LogP contribution in [0.25, 0.3) is 0 Å². The topological polar surface area (TPSA) is 105 Å². The van der Waals surface area contributed by atoms with Gasteiger partial charge in [-0.15, -0.1) is 0 Å². The second kappa shape index (κ2) is 11.3. The predicted molar refractivity (Wildman–Crippen MR) is 137 cm³/mol. The summed E-state index contributed by atoms with van der Waals surface area (Å²) in [5.74, 6) is 0.326. The Morgan fingerprint density at radius 2 is 1.71 bits per heavy atom. The number of anilines is 1. The van der Waals surface area contributed by atoms with Crippen LogP contribution in [0.5, 0.6) is 11.5 Å². The Bertz CT molecular complexity index is 1170. The zero-order chi connectivity index (χ0) is 25.8. The van der Waals surface area contributed by atoms with Crippen LogP contribution in [0.2, 0.25) is 0 Å². The van der Waals surface area contributed by atoms with Gasteiger partial charge in [0.2, 0.25) is 28.6 Å². The first-order valence-corrected chi connectivity index (χ1v) is 13.8. The smallest absolute Gasteiger partial charge is 0.244 e. The molecule has 0 spiro atoms. The molecule has 9 nitrogen and oxygen atoms in total. The molecule has 0 saturated carbocycles. The summed E-state index contributed by atoms with van der Waals surface area (Å²) in [6.45, 7) is 5.77. The van der Waals surface area contributed by atoms with Gasteiger partial charge >= 0.3 is 0 Å². The average molecular weight is 568 g/mol. The first kappa shape index (κ1) is 26.8. The minimum Gasteiger partial charge on any atom is -0.454 e. The fraction of sp³-hybridized carbons (Fsp3) is 0.417. The largest absolute Gasteiger partial charge is 0.454 e. The number of carbonyl (C=O) groups is 2.